The molecule has 1 aromatic rings. The van der Waals surface area contributed by atoms with Crippen LogP contribution in [-0.2, 0) is 9.53 Å². The third-order valence-corrected chi connectivity index (χ3v) is 3.05. The van der Waals surface area contributed by atoms with Crippen LogP contribution < -0.4 is 5.32 Å². The molecule has 0 aromatic heterocycles. The minimum Gasteiger partial charge on any atom is -0.466 e. The van der Waals surface area contributed by atoms with Gasteiger partial charge in [0.05, 0.1) is 12.7 Å². The summed E-state index contributed by atoms with van der Waals surface area (Å²) in [5, 5.41) is 3.20. The van der Waals surface area contributed by atoms with Crippen molar-refractivity contribution in [1.82, 2.24) is 5.32 Å². The first kappa shape index (κ1) is 11.9. The van der Waals surface area contributed by atoms with E-state index in [9.17, 15) is 4.79 Å². The summed E-state index contributed by atoms with van der Waals surface area (Å²) < 4.78 is 4.83. The highest BCUT2D eigenvalue weighted by Crippen LogP contribution is 2.25. The minimum absolute atomic E-state index is 0.229. The fourth-order valence-electron chi connectivity index (χ4n) is 2.08. The number of carbonyl (C=O) groups is 1. The Labute approximate surface area is 101 Å². The van der Waals surface area contributed by atoms with Crippen LogP contribution in [0.3, 0.4) is 0 Å². The molecule has 90 valence electrons. The second-order valence-corrected chi connectivity index (χ2v) is 4.24. The van der Waals surface area contributed by atoms with Crippen LogP contribution in [-0.4, -0.2) is 26.2 Å². The van der Waals surface area contributed by atoms with Crippen molar-refractivity contribution in [3.05, 3.63) is 41.0 Å². The second-order valence-electron chi connectivity index (χ2n) is 4.24. The van der Waals surface area contributed by atoms with E-state index in [4.69, 9.17) is 4.74 Å². The van der Waals surface area contributed by atoms with Crippen LogP contribution in [0.15, 0.2) is 29.8 Å². The molecule has 1 N–H and O–H groups in total. The molecule has 3 nitrogen and oxygen atoms in total. The Balaban J connectivity index is 2.41. The number of carbonyl (C=O) groups excluding carboxylic acids is 1. The largest absolute Gasteiger partial charge is 0.466 e. The number of nitrogens with one attached hydrogen (secondary N) is 1. The predicted molar refractivity (Wildman–Crippen MR) is 67.6 cm³/mol. The maximum atomic E-state index is 11.7. The van der Waals surface area contributed by atoms with Gasteiger partial charge >= 0.3 is 5.97 Å². The average molecular weight is 231 g/mol. The second kappa shape index (κ2) is 5.15. The summed E-state index contributed by atoms with van der Waals surface area (Å²) in [5.41, 5.74) is 4.21. The standard InChI is InChI=1S/C14H17NO2/c1-10-3-5-11(6-4-10)12-7-8-15-9-13(12)14(16)17-2/h3-6,15H,7-9H2,1-2H3. The molecule has 1 aromatic carbocycles. The molecule has 0 bridgehead atoms. The quantitative estimate of drug-likeness (QED) is 0.790. The Bertz CT molecular complexity index is 446. The van der Waals surface area contributed by atoms with Gasteiger partial charge in [-0.3, -0.25) is 0 Å². The number of aryl methyl sites for hydroxylation is 1. The molecule has 3 heteroatoms. The molecule has 1 heterocycles. The van der Waals surface area contributed by atoms with E-state index < -0.39 is 0 Å². The van der Waals surface area contributed by atoms with Gasteiger partial charge in [-0.2, -0.15) is 0 Å². The Morgan fingerprint density at radius 1 is 1.29 bits per heavy atom. The lowest BCUT2D eigenvalue weighted by Gasteiger charge is -2.20. The fraction of sp³-hybridized carbons (Fsp3) is 0.357. The first-order chi connectivity index (χ1) is 8.22. The third-order valence-electron chi connectivity index (χ3n) is 3.05. The number of benzene rings is 1. The molecular weight excluding hydrogens is 214 g/mol. The van der Waals surface area contributed by atoms with Crippen molar-refractivity contribution in [2.24, 2.45) is 0 Å². The van der Waals surface area contributed by atoms with E-state index in [-0.39, 0.29) is 5.97 Å². The number of methoxy groups -OCH3 is 1. The lowest BCUT2D eigenvalue weighted by Crippen LogP contribution is -2.28. The lowest BCUT2D eigenvalue weighted by molar-refractivity contribution is -0.136. The number of rotatable bonds is 2. The topological polar surface area (TPSA) is 38.3 Å². The van der Waals surface area contributed by atoms with Crippen molar-refractivity contribution < 1.29 is 9.53 Å². The molecule has 2 rings (SSSR count). The first-order valence-electron chi connectivity index (χ1n) is 5.80. The molecular formula is C14H17NO2. The summed E-state index contributed by atoms with van der Waals surface area (Å²) in [4.78, 5) is 11.7. The van der Waals surface area contributed by atoms with E-state index in [1.54, 1.807) is 0 Å². The van der Waals surface area contributed by atoms with Gasteiger partial charge in [0.15, 0.2) is 0 Å². The fourth-order valence-corrected chi connectivity index (χ4v) is 2.08. The molecule has 1 aliphatic rings. The van der Waals surface area contributed by atoms with Crippen molar-refractivity contribution in [2.75, 3.05) is 20.2 Å². The van der Waals surface area contributed by atoms with Gasteiger partial charge in [-0.05, 0) is 31.0 Å². The van der Waals surface area contributed by atoms with Crippen LogP contribution in [0.1, 0.15) is 17.5 Å². The summed E-state index contributed by atoms with van der Waals surface area (Å²) in [7, 11) is 1.43. The normalized spacial score (nSPS) is 15.9. The highest BCUT2D eigenvalue weighted by molar-refractivity contribution is 5.98. The molecule has 0 saturated heterocycles. The average Bonchev–Trinajstić information content (AvgIpc) is 2.39. The van der Waals surface area contributed by atoms with Crippen LogP contribution in [0.5, 0.6) is 0 Å². The zero-order valence-corrected chi connectivity index (χ0v) is 10.2. The van der Waals surface area contributed by atoms with Crippen LogP contribution in [0.4, 0.5) is 0 Å². The van der Waals surface area contributed by atoms with Gasteiger partial charge in [0, 0.05) is 6.54 Å². The monoisotopic (exact) mass is 231 g/mol. The Hall–Kier alpha value is -1.61. The van der Waals surface area contributed by atoms with Gasteiger partial charge in [-0.25, -0.2) is 4.79 Å². The van der Waals surface area contributed by atoms with Gasteiger partial charge in [0.25, 0.3) is 0 Å². The van der Waals surface area contributed by atoms with Gasteiger partial charge in [-0.1, -0.05) is 29.8 Å². The van der Waals surface area contributed by atoms with E-state index in [1.807, 2.05) is 0 Å². The predicted octanol–water partition coefficient (Wildman–Crippen LogP) is 1.91. The van der Waals surface area contributed by atoms with E-state index in [0.29, 0.717) is 6.54 Å². The van der Waals surface area contributed by atoms with Crippen molar-refractivity contribution >= 4 is 11.5 Å². The smallest absolute Gasteiger partial charge is 0.335 e. The lowest BCUT2D eigenvalue weighted by atomic mass is 9.94. The van der Waals surface area contributed by atoms with Crippen molar-refractivity contribution in [1.29, 1.82) is 0 Å². The van der Waals surface area contributed by atoms with Gasteiger partial charge in [-0.15, -0.1) is 0 Å². The van der Waals surface area contributed by atoms with Crippen LogP contribution in [0.25, 0.3) is 5.57 Å². The molecule has 0 aliphatic carbocycles. The third kappa shape index (κ3) is 2.56. The van der Waals surface area contributed by atoms with E-state index in [2.05, 4.69) is 36.5 Å². The molecule has 17 heavy (non-hydrogen) atoms. The van der Waals surface area contributed by atoms with Crippen LogP contribution >= 0.6 is 0 Å². The molecule has 0 atom stereocenters. The Morgan fingerprint density at radius 2 is 2.00 bits per heavy atom. The Morgan fingerprint density at radius 3 is 2.65 bits per heavy atom. The zero-order chi connectivity index (χ0) is 12.3. The maximum Gasteiger partial charge on any atom is 0.335 e. The summed E-state index contributed by atoms with van der Waals surface area (Å²) in [6.07, 6.45) is 0.869. The van der Waals surface area contributed by atoms with Crippen molar-refractivity contribution in [2.45, 2.75) is 13.3 Å². The Kier molecular flexibility index (Phi) is 3.59. The van der Waals surface area contributed by atoms with E-state index in [1.165, 1.54) is 12.7 Å². The van der Waals surface area contributed by atoms with Crippen LogP contribution in [0, 0.1) is 6.92 Å². The molecule has 0 saturated carbocycles. The highest BCUT2D eigenvalue weighted by atomic mass is 16.5. The summed E-state index contributed by atoms with van der Waals surface area (Å²) >= 11 is 0. The van der Waals surface area contributed by atoms with Crippen molar-refractivity contribution in [3.63, 3.8) is 0 Å². The minimum atomic E-state index is -0.229. The van der Waals surface area contributed by atoms with Gasteiger partial charge in [0.1, 0.15) is 0 Å². The van der Waals surface area contributed by atoms with E-state index >= 15 is 0 Å². The number of esters is 1. The maximum absolute atomic E-state index is 11.7. The summed E-state index contributed by atoms with van der Waals surface area (Å²) in [5.74, 6) is -0.229. The zero-order valence-electron chi connectivity index (χ0n) is 10.2. The molecule has 0 radical (unpaired) electrons. The summed E-state index contributed by atoms with van der Waals surface area (Å²) in [6.45, 7) is 3.56. The molecule has 0 amide bonds. The van der Waals surface area contributed by atoms with Crippen LogP contribution in [0.2, 0.25) is 0 Å². The molecule has 0 unspecified atom stereocenters. The van der Waals surface area contributed by atoms with E-state index in [0.717, 1.165) is 29.7 Å². The van der Waals surface area contributed by atoms with Gasteiger partial charge < -0.3 is 10.1 Å². The molecule has 0 fully saturated rings. The number of hydrogen-bond acceptors (Lipinski definition) is 3. The van der Waals surface area contributed by atoms with Gasteiger partial charge in [0.2, 0.25) is 0 Å². The molecule has 0 spiro atoms. The number of ether oxygens (including phenoxy) is 1. The molecule has 1 aliphatic heterocycles. The first-order valence-corrected chi connectivity index (χ1v) is 5.80. The summed E-state index contributed by atoms with van der Waals surface area (Å²) in [6, 6.07) is 8.27. The van der Waals surface area contributed by atoms with Crippen molar-refractivity contribution in [3.8, 4) is 0 Å². The SMILES string of the molecule is COC(=O)C1=C(c2ccc(C)cc2)CCNC1. The number of hydrogen-bond donors (Lipinski definition) is 1. The highest BCUT2D eigenvalue weighted by Gasteiger charge is 2.20.